The second-order valence-corrected chi connectivity index (χ2v) is 9.63. The van der Waals surface area contributed by atoms with Crippen molar-refractivity contribution < 1.29 is 21.6 Å². The zero-order chi connectivity index (χ0) is 22.1. The Bertz CT molecular complexity index is 1090. The van der Waals surface area contributed by atoms with Gasteiger partial charge in [-0.3, -0.25) is 10.1 Å². The van der Waals surface area contributed by atoms with Crippen LogP contribution in [-0.2, 0) is 16.0 Å². The standard InChI is InChI=1S/C18H20F3N5O2S2/c1-11-16(12(2)26(25-11)15-6-7-30(27,28)10-15)9-22-24-17(29)23-14-5-3-4-13(8-14)18(19,20)21/h3-5,8-9,15H,6-7,10H2,1-2H3,(H2,23,24,29). The molecule has 1 fully saturated rings. The van der Waals surface area contributed by atoms with Gasteiger partial charge in [0.15, 0.2) is 14.9 Å². The molecule has 1 aliphatic heterocycles. The van der Waals surface area contributed by atoms with E-state index in [-0.39, 0.29) is 28.3 Å². The lowest BCUT2D eigenvalue weighted by molar-refractivity contribution is -0.137. The van der Waals surface area contributed by atoms with Crippen LogP contribution in [0.2, 0.25) is 0 Å². The van der Waals surface area contributed by atoms with Gasteiger partial charge in [-0.05, 0) is 50.7 Å². The first-order valence-electron chi connectivity index (χ1n) is 9.00. The van der Waals surface area contributed by atoms with Crippen molar-refractivity contribution in [2.45, 2.75) is 32.5 Å². The fraction of sp³-hybridized carbons (Fsp3) is 0.389. The van der Waals surface area contributed by atoms with Crippen LogP contribution in [0.25, 0.3) is 0 Å². The first kappa shape index (κ1) is 22.2. The number of nitrogens with zero attached hydrogens (tertiary/aromatic N) is 3. The molecule has 12 heteroatoms. The van der Waals surface area contributed by atoms with E-state index in [9.17, 15) is 21.6 Å². The highest BCUT2D eigenvalue weighted by atomic mass is 32.2. The number of aryl methyl sites for hydroxylation is 1. The van der Waals surface area contributed by atoms with Gasteiger partial charge < -0.3 is 5.32 Å². The Balaban J connectivity index is 1.65. The Labute approximate surface area is 177 Å². The zero-order valence-corrected chi connectivity index (χ0v) is 17.8. The molecule has 1 aliphatic rings. The predicted octanol–water partition coefficient (Wildman–Crippen LogP) is 3.20. The Hall–Kier alpha value is -2.47. The number of rotatable bonds is 4. The molecule has 1 atom stereocenters. The van der Waals surface area contributed by atoms with Crippen molar-refractivity contribution in [1.29, 1.82) is 0 Å². The minimum atomic E-state index is -4.45. The summed E-state index contributed by atoms with van der Waals surface area (Å²) in [7, 11) is -3.04. The minimum absolute atomic E-state index is 0.0233. The number of halogens is 3. The van der Waals surface area contributed by atoms with Gasteiger partial charge in [-0.1, -0.05) is 6.07 Å². The van der Waals surface area contributed by atoms with Gasteiger partial charge in [-0.25, -0.2) is 8.42 Å². The van der Waals surface area contributed by atoms with E-state index in [1.165, 1.54) is 18.3 Å². The summed E-state index contributed by atoms with van der Waals surface area (Å²) in [6.45, 7) is 3.61. The smallest absolute Gasteiger partial charge is 0.331 e. The Morgan fingerprint density at radius 2 is 2.10 bits per heavy atom. The summed E-state index contributed by atoms with van der Waals surface area (Å²) in [6, 6.07) is 4.46. The molecule has 0 aliphatic carbocycles. The third-order valence-electron chi connectivity index (χ3n) is 4.74. The monoisotopic (exact) mass is 459 g/mol. The van der Waals surface area contributed by atoms with E-state index in [2.05, 4.69) is 20.9 Å². The summed E-state index contributed by atoms with van der Waals surface area (Å²) in [5.74, 6) is 0.214. The predicted molar refractivity (Wildman–Crippen MR) is 112 cm³/mol. The van der Waals surface area contributed by atoms with E-state index in [1.54, 1.807) is 11.6 Å². The van der Waals surface area contributed by atoms with Gasteiger partial charge >= 0.3 is 6.18 Å². The van der Waals surface area contributed by atoms with Crippen LogP contribution >= 0.6 is 12.2 Å². The third kappa shape index (κ3) is 5.17. The van der Waals surface area contributed by atoms with Gasteiger partial charge in [-0.15, -0.1) is 0 Å². The van der Waals surface area contributed by atoms with Crippen molar-refractivity contribution in [3.8, 4) is 0 Å². The molecule has 30 heavy (non-hydrogen) atoms. The fourth-order valence-corrected chi connectivity index (χ4v) is 5.14. The average molecular weight is 460 g/mol. The summed E-state index contributed by atoms with van der Waals surface area (Å²) in [5.41, 5.74) is 4.13. The van der Waals surface area contributed by atoms with E-state index >= 15 is 0 Å². The number of alkyl halides is 3. The van der Waals surface area contributed by atoms with Crippen LogP contribution < -0.4 is 10.7 Å². The molecule has 0 amide bonds. The van der Waals surface area contributed by atoms with Crippen molar-refractivity contribution in [1.82, 2.24) is 15.2 Å². The SMILES string of the molecule is Cc1nn(C2CCS(=O)(=O)C2)c(C)c1C=NNC(=S)Nc1cccc(C(F)(F)F)c1. The third-order valence-corrected chi connectivity index (χ3v) is 6.69. The largest absolute Gasteiger partial charge is 0.416 e. The van der Waals surface area contributed by atoms with E-state index in [0.717, 1.165) is 17.8 Å². The molecule has 2 heterocycles. The van der Waals surface area contributed by atoms with Crippen LogP contribution in [0.3, 0.4) is 0 Å². The number of hydrogen-bond donors (Lipinski definition) is 2. The van der Waals surface area contributed by atoms with Crippen molar-refractivity contribution in [2.24, 2.45) is 5.10 Å². The Morgan fingerprint density at radius 1 is 1.37 bits per heavy atom. The van der Waals surface area contributed by atoms with Crippen molar-refractivity contribution in [2.75, 3.05) is 16.8 Å². The van der Waals surface area contributed by atoms with Gasteiger partial charge in [0.25, 0.3) is 0 Å². The van der Waals surface area contributed by atoms with E-state index < -0.39 is 21.6 Å². The molecule has 2 aromatic rings. The molecular formula is C18H20F3N5O2S2. The Morgan fingerprint density at radius 3 is 2.73 bits per heavy atom. The lowest BCUT2D eigenvalue weighted by Gasteiger charge is -2.11. The molecular weight excluding hydrogens is 439 g/mol. The van der Waals surface area contributed by atoms with Gasteiger partial charge in [0.1, 0.15) is 0 Å². The van der Waals surface area contributed by atoms with Gasteiger partial charge in [-0.2, -0.15) is 23.4 Å². The van der Waals surface area contributed by atoms with Gasteiger partial charge in [0.2, 0.25) is 0 Å². The summed E-state index contributed by atoms with van der Waals surface area (Å²) in [6.07, 6.45) is -2.43. The van der Waals surface area contributed by atoms with E-state index in [0.29, 0.717) is 17.7 Å². The highest BCUT2D eigenvalue weighted by Crippen LogP contribution is 2.30. The number of nitrogens with one attached hydrogen (secondary N) is 2. The highest BCUT2D eigenvalue weighted by Gasteiger charge is 2.31. The molecule has 0 radical (unpaired) electrons. The van der Waals surface area contributed by atoms with Crippen LogP contribution in [0, 0.1) is 13.8 Å². The second kappa shape index (κ2) is 8.34. The van der Waals surface area contributed by atoms with Crippen LogP contribution in [0.4, 0.5) is 18.9 Å². The maximum Gasteiger partial charge on any atom is 0.416 e. The normalized spacial score (nSPS) is 18.6. The highest BCUT2D eigenvalue weighted by molar-refractivity contribution is 7.91. The number of hydrazone groups is 1. The maximum absolute atomic E-state index is 12.8. The Kier molecular flexibility index (Phi) is 6.18. The van der Waals surface area contributed by atoms with Crippen LogP contribution in [0.5, 0.6) is 0 Å². The van der Waals surface area contributed by atoms with E-state index in [4.69, 9.17) is 12.2 Å². The molecule has 7 nitrogen and oxygen atoms in total. The number of hydrogen-bond acceptors (Lipinski definition) is 5. The van der Waals surface area contributed by atoms with E-state index in [1.807, 2.05) is 6.92 Å². The van der Waals surface area contributed by atoms with Crippen molar-refractivity contribution in [3.05, 3.63) is 46.8 Å². The lowest BCUT2D eigenvalue weighted by Crippen LogP contribution is -2.24. The summed E-state index contributed by atoms with van der Waals surface area (Å²) < 4.78 is 63.5. The first-order chi connectivity index (χ1) is 14.0. The van der Waals surface area contributed by atoms with Crippen molar-refractivity contribution in [3.63, 3.8) is 0 Å². The molecule has 162 valence electrons. The van der Waals surface area contributed by atoms with Crippen molar-refractivity contribution >= 4 is 39.1 Å². The number of sulfone groups is 1. The quantitative estimate of drug-likeness (QED) is 0.415. The average Bonchev–Trinajstić information content (AvgIpc) is 3.14. The number of thiocarbonyl (C=S) groups is 1. The topological polar surface area (TPSA) is 88.4 Å². The molecule has 0 bridgehead atoms. The summed E-state index contributed by atoms with van der Waals surface area (Å²) in [5, 5.41) is 11.1. The molecule has 1 saturated heterocycles. The zero-order valence-electron chi connectivity index (χ0n) is 16.2. The number of aromatic nitrogens is 2. The van der Waals surface area contributed by atoms with Crippen LogP contribution in [-0.4, -0.2) is 41.0 Å². The number of anilines is 1. The molecule has 1 unspecified atom stereocenters. The van der Waals surface area contributed by atoms with Crippen LogP contribution in [0.15, 0.2) is 29.4 Å². The van der Waals surface area contributed by atoms with Gasteiger partial charge in [0, 0.05) is 16.9 Å². The molecule has 1 aromatic heterocycles. The maximum atomic E-state index is 12.8. The fourth-order valence-electron chi connectivity index (χ4n) is 3.27. The second-order valence-electron chi connectivity index (χ2n) is 6.99. The van der Waals surface area contributed by atoms with Gasteiger partial charge in [0.05, 0.1) is 35.0 Å². The lowest BCUT2D eigenvalue weighted by atomic mass is 10.2. The first-order valence-corrected chi connectivity index (χ1v) is 11.2. The molecule has 0 saturated carbocycles. The summed E-state index contributed by atoms with van der Waals surface area (Å²) >= 11 is 5.07. The molecule has 2 N–H and O–H groups in total. The summed E-state index contributed by atoms with van der Waals surface area (Å²) in [4.78, 5) is 0. The molecule has 0 spiro atoms. The minimum Gasteiger partial charge on any atom is -0.331 e. The molecule has 1 aromatic carbocycles. The van der Waals surface area contributed by atoms with Crippen LogP contribution in [0.1, 0.15) is 35.0 Å². The molecule has 3 rings (SSSR count). The number of benzene rings is 1.